The maximum absolute atomic E-state index is 12.4. The summed E-state index contributed by atoms with van der Waals surface area (Å²) in [5.74, 6) is 0.111. The van der Waals surface area contributed by atoms with Crippen molar-refractivity contribution in [2.24, 2.45) is 0 Å². The van der Waals surface area contributed by atoms with Crippen LogP contribution in [0.15, 0.2) is 11.6 Å². The standard InChI is InChI=1S/C13H21N3O3S.ClH/c1-18-6-4-16(9-12-15-3-7-20-12)13(17)8-11-10-19-5-2-14-11;/h3,7,11,14H,2,4-6,8-10H2,1H3;1H. The molecular weight excluding hydrogens is 314 g/mol. The number of carbonyl (C=O) groups excluding carboxylic acids is 1. The zero-order valence-corrected chi connectivity index (χ0v) is 13.8. The molecule has 1 saturated heterocycles. The molecule has 8 heteroatoms. The Bertz CT molecular complexity index is 399. The van der Waals surface area contributed by atoms with E-state index in [1.165, 1.54) is 0 Å². The highest BCUT2D eigenvalue weighted by atomic mass is 35.5. The van der Waals surface area contributed by atoms with Gasteiger partial charge in [-0.15, -0.1) is 23.7 Å². The molecule has 120 valence electrons. The molecule has 21 heavy (non-hydrogen) atoms. The first kappa shape index (κ1) is 18.3. The number of methoxy groups -OCH3 is 1. The van der Waals surface area contributed by atoms with Crippen molar-refractivity contribution in [2.75, 3.05) is 40.0 Å². The zero-order chi connectivity index (χ0) is 14.2. The molecule has 1 N–H and O–H groups in total. The summed E-state index contributed by atoms with van der Waals surface area (Å²) in [5.41, 5.74) is 0. The van der Waals surface area contributed by atoms with E-state index < -0.39 is 0 Å². The first-order chi connectivity index (χ1) is 9.79. The smallest absolute Gasteiger partial charge is 0.224 e. The summed E-state index contributed by atoms with van der Waals surface area (Å²) in [6.07, 6.45) is 2.21. The quantitative estimate of drug-likeness (QED) is 0.802. The van der Waals surface area contributed by atoms with E-state index in [0.29, 0.717) is 32.7 Å². The summed E-state index contributed by atoms with van der Waals surface area (Å²) in [5, 5.41) is 6.17. The molecule has 1 aromatic heterocycles. The van der Waals surface area contributed by atoms with Crippen molar-refractivity contribution in [3.05, 3.63) is 16.6 Å². The van der Waals surface area contributed by atoms with Crippen molar-refractivity contribution in [2.45, 2.75) is 19.0 Å². The van der Waals surface area contributed by atoms with Crippen LogP contribution in [0.25, 0.3) is 0 Å². The summed E-state index contributed by atoms with van der Waals surface area (Å²) >= 11 is 1.56. The second kappa shape index (κ2) is 10.1. The van der Waals surface area contributed by atoms with Gasteiger partial charge in [0.25, 0.3) is 0 Å². The first-order valence-electron chi connectivity index (χ1n) is 6.76. The number of thiazole rings is 1. The van der Waals surface area contributed by atoms with E-state index in [4.69, 9.17) is 9.47 Å². The minimum atomic E-state index is 0. The topological polar surface area (TPSA) is 63.7 Å². The lowest BCUT2D eigenvalue weighted by Gasteiger charge is -2.27. The van der Waals surface area contributed by atoms with E-state index >= 15 is 0 Å². The summed E-state index contributed by atoms with van der Waals surface area (Å²) in [4.78, 5) is 18.4. The van der Waals surface area contributed by atoms with Gasteiger partial charge < -0.3 is 19.7 Å². The van der Waals surface area contributed by atoms with Gasteiger partial charge in [-0.05, 0) is 0 Å². The molecule has 0 saturated carbocycles. The van der Waals surface area contributed by atoms with Crippen molar-refractivity contribution in [3.8, 4) is 0 Å². The van der Waals surface area contributed by atoms with Crippen LogP contribution < -0.4 is 5.32 Å². The first-order valence-corrected chi connectivity index (χ1v) is 7.63. The molecule has 1 aliphatic heterocycles. The number of aromatic nitrogens is 1. The lowest BCUT2D eigenvalue weighted by molar-refractivity contribution is -0.133. The maximum atomic E-state index is 12.4. The fraction of sp³-hybridized carbons (Fsp3) is 0.692. The number of morpholine rings is 1. The predicted molar refractivity (Wildman–Crippen MR) is 83.9 cm³/mol. The van der Waals surface area contributed by atoms with Crippen molar-refractivity contribution in [1.82, 2.24) is 15.2 Å². The molecule has 2 heterocycles. The average Bonchev–Trinajstić information content (AvgIpc) is 2.97. The number of hydrogen-bond acceptors (Lipinski definition) is 6. The zero-order valence-electron chi connectivity index (χ0n) is 12.1. The Balaban J connectivity index is 0.00000220. The molecule has 0 aliphatic carbocycles. The van der Waals surface area contributed by atoms with Crippen LogP contribution in [0.4, 0.5) is 0 Å². The van der Waals surface area contributed by atoms with Gasteiger partial charge in [0.15, 0.2) is 0 Å². The van der Waals surface area contributed by atoms with Crippen molar-refractivity contribution >= 4 is 29.7 Å². The predicted octanol–water partition coefficient (Wildman–Crippen LogP) is 0.918. The van der Waals surface area contributed by atoms with Crippen LogP contribution in [-0.2, 0) is 20.8 Å². The highest BCUT2D eigenvalue weighted by molar-refractivity contribution is 7.09. The number of amides is 1. The molecule has 0 radical (unpaired) electrons. The highest BCUT2D eigenvalue weighted by Gasteiger charge is 2.21. The van der Waals surface area contributed by atoms with Gasteiger partial charge in [0, 0.05) is 44.2 Å². The van der Waals surface area contributed by atoms with Crippen molar-refractivity contribution in [3.63, 3.8) is 0 Å². The maximum Gasteiger partial charge on any atom is 0.224 e. The van der Waals surface area contributed by atoms with Gasteiger partial charge in [-0.1, -0.05) is 0 Å². The van der Waals surface area contributed by atoms with Crippen LogP contribution in [0.2, 0.25) is 0 Å². The molecule has 6 nitrogen and oxygen atoms in total. The van der Waals surface area contributed by atoms with Gasteiger partial charge >= 0.3 is 0 Å². The Kier molecular flexibility index (Phi) is 8.79. The van der Waals surface area contributed by atoms with Crippen molar-refractivity contribution in [1.29, 1.82) is 0 Å². The van der Waals surface area contributed by atoms with Crippen LogP contribution in [0.1, 0.15) is 11.4 Å². The molecule has 2 rings (SSSR count). The number of nitrogens with zero attached hydrogens (tertiary/aromatic N) is 2. The van der Waals surface area contributed by atoms with E-state index in [-0.39, 0.29) is 24.4 Å². The number of rotatable bonds is 7. The van der Waals surface area contributed by atoms with Crippen LogP contribution >= 0.6 is 23.7 Å². The lowest BCUT2D eigenvalue weighted by atomic mass is 10.2. The summed E-state index contributed by atoms with van der Waals surface area (Å²) < 4.78 is 10.5. The van der Waals surface area contributed by atoms with Gasteiger partial charge in [-0.2, -0.15) is 0 Å². The highest BCUT2D eigenvalue weighted by Crippen LogP contribution is 2.11. The monoisotopic (exact) mass is 335 g/mol. The third-order valence-electron chi connectivity index (χ3n) is 3.15. The Morgan fingerprint density at radius 1 is 1.67 bits per heavy atom. The molecule has 1 aromatic rings. The molecule has 1 fully saturated rings. The Morgan fingerprint density at radius 2 is 2.52 bits per heavy atom. The summed E-state index contributed by atoms with van der Waals surface area (Å²) in [7, 11) is 1.64. The molecule has 1 atom stereocenters. The van der Waals surface area contributed by atoms with Crippen LogP contribution in [0, 0.1) is 0 Å². The third-order valence-corrected chi connectivity index (χ3v) is 3.91. The van der Waals surface area contributed by atoms with Crippen molar-refractivity contribution < 1.29 is 14.3 Å². The second-order valence-corrected chi connectivity index (χ2v) is 5.64. The average molecular weight is 336 g/mol. The molecular formula is C13H22ClN3O3S. The van der Waals surface area contributed by atoms with Gasteiger partial charge in [0.05, 0.1) is 26.4 Å². The second-order valence-electron chi connectivity index (χ2n) is 4.66. The van der Waals surface area contributed by atoms with Gasteiger partial charge in [0.2, 0.25) is 5.91 Å². The minimum absolute atomic E-state index is 0. The van der Waals surface area contributed by atoms with Crippen LogP contribution in [-0.4, -0.2) is 61.9 Å². The molecule has 0 spiro atoms. The fourth-order valence-electron chi connectivity index (χ4n) is 2.08. The number of halogens is 1. The van der Waals surface area contributed by atoms with Gasteiger partial charge in [0.1, 0.15) is 5.01 Å². The molecule has 1 unspecified atom stereocenters. The van der Waals surface area contributed by atoms with Crippen LogP contribution in [0.5, 0.6) is 0 Å². The fourth-order valence-corrected chi connectivity index (χ4v) is 2.71. The summed E-state index contributed by atoms with van der Waals surface area (Å²) in [6, 6.07) is 0.109. The molecule has 1 aliphatic rings. The van der Waals surface area contributed by atoms with E-state index in [1.54, 1.807) is 29.5 Å². The SMILES string of the molecule is COCCN(Cc1nccs1)C(=O)CC1COCCN1.Cl. The van der Waals surface area contributed by atoms with E-state index in [2.05, 4.69) is 10.3 Å². The Hall–Kier alpha value is -0.730. The van der Waals surface area contributed by atoms with Gasteiger partial charge in [-0.3, -0.25) is 4.79 Å². The van der Waals surface area contributed by atoms with E-state index in [9.17, 15) is 4.79 Å². The number of hydrogen-bond donors (Lipinski definition) is 1. The number of ether oxygens (including phenoxy) is 2. The summed E-state index contributed by atoms with van der Waals surface area (Å²) in [6.45, 7) is 3.79. The normalized spacial score (nSPS) is 18.0. The minimum Gasteiger partial charge on any atom is -0.383 e. The van der Waals surface area contributed by atoms with Crippen LogP contribution in [0.3, 0.4) is 0 Å². The Morgan fingerprint density at radius 3 is 3.14 bits per heavy atom. The number of nitrogens with one attached hydrogen (secondary N) is 1. The van der Waals surface area contributed by atoms with E-state index in [0.717, 1.165) is 18.2 Å². The largest absolute Gasteiger partial charge is 0.383 e. The number of carbonyl (C=O) groups is 1. The third kappa shape index (κ3) is 6.27. The van der Waals surface area contributed by atoms with Gasteiger partial charge in [-0.25, -0.2) is 4.98 Å². The molecule has 0 bridgehead atoms. The van der Waals surface area contributed by atoms with E-state index in [1.807, 2.05) is 5.38 Å². The molecule has 1 amide bonds. The Labute approximate surface area is 135 Å². The lowest BCUT2D eigenvalue weighted by Crippen LogP contribution is -2.45. The molecule has 0 aromatic carbocycles.